The molecule has 0 aromatic heterocycles. The van der Waals surface area contributed by atoms with Crippen LogP contribution < -0.4 is 5.32 Å². The van der Waals surface area contributed by atoms with E-state index in [4.69, 9.17) is 0 Å². The summed E-state index contributed by atoms with van der Waals surface area (Å²) in [6, 6.07) is 3.33. The van der Waals surface area contributed by atoms with E-state index >= 15 is 0 Å². The summed E-state index contributed by atoms with van der Waals surface area (Å²) < 4.78 is 13.7. The quantitative estimate of drug-likeness (QED) is 0.803. The second-order valence-corrected chi connectivity index (χ2v) is 4.22. The molecule has 0 aliphatic carbocycles. The number of halogens is 2. The molecule has 0 heterocycles. The fourth-order valence-electron chi connectivity index (χ4n) is 1.24. The Morgan fingerprint density at radius 3 is 2.79 bits per heavy atom. The molecule has 14 heavy (non-hydrogen) atoms. The lowest BCUT2D eigenvalue weighted by atomic mass is 10.2. The van der Waals surface area contributed by atoms with Crippen LogP contribution in [0.5, 0.6) is 0 Å². The SMILES string of the molecule is CCCCNc1cc(F)c(Br)cc1C. The largest absolute Gasteiger partial charge is 0.385 e. The summed E-state index contributed by atoms with van der Waals surface area (Å²) in [5.41, 5.74) is 1.95. The fourth-order valence-corrected chi connectivity index (χ4v) is 1.69. The average Bonchev–Trinajstić information content (AvgIpc) is 2.14. The average molecular weight is 260 g/mol. The molecule has 0 aliphatic rings. The minimum absolute atomic E-state index is 0.213. The summed E-state index contributed by atoms with van der Waals surface area (Å²) in [6.45, 7) is 5.01. The van der Waals surface area contributed by atoms with Gasteiger partial charge in [0.1, 0.15) is 5.82 Å². The number of hydrogen-bond donors (Lipinski definition) is 1. The molecule has 0 spiro atoms. The van der Waals surface area contributed by atoms with E-state index < -0.39 is 0 Å². The third kappa shape index (κ3) is 2.98. The van der Waals surface area contributed by atoms with E-state index in [0.717, 1.165) is 30.6 Å². The van der Waals surface area contributed by atoms with Crippen LogP contribution in [0.2, 0.25) is 0 Å². The van der Waals surface area contributed by atoms with Gasteiger partial charge in [0.15, 0.2) is 0 Å². The smallest absolute Gasteiger partial charge is 0.139 e. The Morgan fingerprint density at radius 2 is 2.14 bits per heavy atom. The molecule has 0 radical (unpaired) electrons. The van der Waals surface area contributed by atoms with E-state index in [9.17, 15) is 4.39 Å². The van der Waals surface area contributed by atoms with Crippen LogP contribution in [0.4, 0.5) is 10.1 Å². The van der Waals surface area contributed by atoms with Gasteiger partial charge < -0.3 is 5.32 Å². The molecule has 1 nitrogen and oxygen atoms in total. The Labute approximate surface area is 92.8 Å². The summed E-state index contributed by atoms with van der Waals surface area (Å²) in [5.74, 6) is -0.213. The van der Waals surface area contributed by atoms with E-state index in [0.29, 0.717) is 4.47 Å². The normalized spacial score (nSPS) is 10.3. The molecule has 78 valence electrons. The van der Waals surface area contributed by atoms with Crippen molar-refractivity contribution in [2.75, 3.05) is 11.9 Å². The Bertz CT molecular complexity index is 312. The molecular weight excluding hydrogens is 245 g/mol. The number of nitrogens with one attached hydrogen (secondary N) is 1. The van der Waals surface area contributed by atoms with Crippen LogP contribution in [0.15, 0.2) is 16.6 Å². The molecule has 0 amide bonds. The summed E-state index contributed by atoms with van der Waals surface area (Å²) in [7, 11) is 0. The molecule has 0 saturated heterocycles. The molecule has 0 aliphatic heterocycles. The van der Waals surface area contributed by atoms with Gasteiger partial charge in [-0.1, -0.05) is 13.3 Å². The van der Waals surface area contributed by atoms with Crippen LogP contribution >= 0.6 is 15.9 Å². The monoisotopic (exact) mass is 259 g/mol. The van der Waals surface area contributed by atoms with Gasteiger partial charge in [-0.25, -0.2) is 4.39 Å². The predicted octanol–water partition coefficient (Wildman–Crippen LogP) is 4.11. The van der Waals surface area contributed by atoms with Crippen LogP contribution in [-0.2, 0) is 0 Å². The second kappa shape index (κ2) is 5.35. The zero-order chi connectivity index (χ0) is 10.6. The Balaban J connectivity index is 2.72. The highest BCUT2D eigenvalue weighted by molar-refractivity contribution is 9.10. The van der Waals surface area contributed by atoms with Gasteiger partial charge in [0.25, 0.3) is 0 Å². The Morgan fingerprint density at radius 1 is 1.43 bits per heavy atom. The summed E-state index contributed by atoms with van der Waals surface area (Å²) in [4.78, 5) is 0. The van der Waals surface area contributed by atoms with Gasteiger partial charge in [0.05, 0.1) is 4.47 Å². The number of hydrogen-bond acceptors (Lipinski definition) is 1. The van der Waals surface area contributed by atoms with Crippen LogP contribution in [0.1, 0.15) is 25.3 Å². The van der Waals surface area contributed by atoms with Gasteiger partial charge in [-0.3, -0.25) is 0 Å². The van der Waals surface area contributed by atoms with Crippen molar-refractivity contribution in [3.05, 3.63) is 28.0 Å². The first-order chi connectivity index (χ1) is 6.65. The Kier molecular flexibility index (Phi) is 4.39. The summed E-state index contributed by atoms with van der Waals surface area (Å²) in [5, 5.41) is 3.22. The fraction of sp³-hybridized carbons (Fsp3) is 0.455. The predicted molar refractivity (Wildman–Crippen MR) is 62.2 cm³/mol. The number of unbranched alkanes of at least 4 members (excludes halogenated alkanes) is 1. The molecule has 1 rings (SSSR count). The molecule has 0 unspecified atom stereocenters. The van der Waals surface area contributed by atoms with Crippen LogP contribution in [-0.4, -0.2) is 6.54 Å². The van der Waals surface area contributed by atoms with Gasteiger partial charge in [-0.05, 0) is 47.0 Å². The molecule has 3 heteroatoms. The number of anilines is 1. The van der Waals surface area contributed by atoms with Crippen molar-refractivity contribution in [3.8, 4) is 0 Å². The maximum absolute atomic E-state index is 13.2. The highest BCUT2D eigenvalue weighted by Crippen LogP contribution is 2.23. The van der Waals surface area contributed by atoms with Crippen molar-refractivity contribution in [1.29, 1.82) is 0 Å². The first kappa shape index (κ1) is 11.5. The first-order valence-electron chi connectivity index (χ1n) is 4.84. The lowest BCUT2D eigenvalue weighted by molar-refractivity contribution is 0.621. The van der Waals surface area contributed by atoms with Crippen molar-refractivity contribution in [1.82, 2.24) is 0 Å². The molecule has 1 aromatic carbocycles. The first-order valence-corrected chi connectivity index (χ1v) is 5.64. The number of rotatable bonds is 4. The Hall–Kier alpha value is -0.570. The lowest BCUT2D eigenvalue weighted by Crippen LogP contribution is -2.03. The van der Waals surface area contributed by atoms with E-state index in [1.807, 2.05) is 6.92 Å². The summed E-state index contributed by atoms with van der Waals surface area (Å²) in [6.07, 6.45) is 2.25. The van der Waals surface area contributed by atoms with Crippen molar-refractivity contribution >= 4 is 21.6 Å². The van der Waals surface area contributed by atoms with E-state index in [1.165, 1.54) is 6.07 Å². The van der Waals surface area contributed by atoms with Crippen LogP contribution in [0.25, 0.3) is 0 Å². The molecule has 0 saturated carbocycles. The molecule has 1 aromatic rings. The molecular formula is C11H15BrFN. The van der Waals surface area contributed by atoms with Gasteiger partial charge in [0.2, 0.25) is 0 Å². The van der Waals surface area contributed by atoms with Gasteiger partial charge >= 0.3 is 0 Å². The second-order valence-electron chi connectivity index (χ2n) is 3.36. The topological polar surface area (TPSA) is 12.0 Å². The van der Waals surface area contributed by atoms with Gasteiger partial charge in [-0.2, -0.15) is 0 Å². The zero-order valence-electron chi connectivity index (χ0n) is 8.53. The molecule has 0 fully saturated rings. The number of benzene rings is 1. The van der Waals surface area contributed by atoms with E-state index in [-0.39, 0.29) is 5.82 Å². The van der Waals surface area contributed by atoms with Crippen molar-refractivity contribution < 1.29 is 4.39 Å². The standard InChI is InChI=1S/C11H15BrFN/c1-3-4-5-14-11-7-10(13)9(12)6-8(11)2/h6-7,14H,3-5H2,1-2H3. The van der Waals surface area contributed by atoms with E-state index in [1.54, 1.807) is 6.07 Å². The third-order valence-electron chi connectivity index (χ3n) is 2.11. The molecule has 0 bridgehead atoms. The minimum Gasteiger partial charge on any atom is -0.385 e. The third-order valence-corrected chi connectivity index (χ3v) is 2.72. The molecule has 0 atom stereocenters. The maximum atomic E-state index is 13.2. The number of aryl methyl sites for hydroxylation is 1. The summed E-state index contributed by atoms with van der Waals surface area (Å²) >= 11 is 3.16. The van der Waals surface area contributed by atoms with Crippen LogP contribution in [0, 0.1) is 12.7 Å². The maximum Gasteiger partial charge on any atom is 0.139 e. The van der Waals surface area contributed by atoms with Gasteiger partial charge in [0, 0.05) is 12.2 Å². The highest BCUT2D eigenvalue weighted by atomic mass is 79.9. The highest BCUT2D eigenvalue weighted by Gasteiger charge is 2.04. The van der Waals surface area contributed by atoms with E-state index in [2.05, 4.69) is 28.2 Å². The van der Waals surface area contributed by atoms with Gasteiger partial charge in [-0.15, -0.1) is 0 Å². The lowest BCUT2D eigenvalue weighted by Gasteiger charge is -2.09. The van der Waals surface area contributed by atoms with Crippen molar-refractivity contribution in [2.45, 2.75) is 26.7 Å². The van der Waals surface area contributed by atoms with Crippen molar-refractivity contribution in [2.24, 2.45) is 0 Å². The minimum atomic E-state index is -0.213. The zero-order valence-corrected chi connectivity index (χ0v) is 10.1. The molecule has 1 N–H and O–H groups in total. The van der Waals surface area contributed by atoms with Crippen molar-refractivity contribution in [3.63, 3.8) is 0 Å². The van der Waals surface area contributed by atoms with Crippen LogP contribution in [0.3, 0.4) is 0 Å².